The molecule has 30 heavy (non-hydrogen) atoms. The number of hydrogen-bond acceptors (Lipinski definition) is 5. The molecule has 148 valence electrons. The fraction of sp³-hybridized carbons (Fsp3) is 0.160. The normalized spacial score (nSPS) is 14.6. The van der Waals surface area contributed by atoms with Crippen LogP contribution in [0.3, 0.4) is 0 Å². The third-order valence-electron chi connectivity index (χ3n) is 5.43. The van der Waals surface area contributed by atoms with Gasteiger partial charge in [-0.1, -0.05) is 71.0 Å². The molecule has 1 aromatic heterocycles. The summed E-state index contributed by atoms with van der Waals surface area (Å²) in [5.74, 6) is 0.290. The summed E-state index contributed by atoms with van der Waals surface area (Å²) in [6.07, 6.45) is 3.06. The molecule has 0 saturated heterocycles. The van der Waals surface area contributed by atoms with Gasteiger partial charge in [-0.15, -0.1) is 0 Å². The first kappa shape index (κ1) is 18.3. The van der Waals surface area contributed by atoms with Crippen LogP contribution in [-0.4, -0.2) is 16.8 Å². The molecule has 0 N–H and O–H groups in total. The summed E-state index contributed by atoms with van der Waals surface area (Å²) in [5, 5.41) is 10.9. The van der Waals surface area contributed by atoms with Crippen LogP contribution in [0.5, 0.6) is 0 Å². The van der Waals surface area contributed by atoms with Crippen molar-refractivity contribution in [2.75, 3.05) is 0 Å². The van der Waals surface area contributed by atoms with Gasteiger partial charge < -0.3 is 9.36 Å². The van der Waals surface area contributed by atoms with Crippen molar-refractivity contribution >= 4 is 22.5 Å². The molecule has 3 aromatic carbocycles. The Morgan fingerprint density at radius 2 is 1.77 bits per heavy atom. The zero-order valence-corrected chi connectivity index (χ0v) is 16.4. The second-order valence-electron chi connectivity index (χ2n) is 7.38. The largest absolute Gasteiger partial charge is 0.365 e. The van der Waals surface area contributed by atoms with E-state index in [0.29, 0.717) is 12.0 Å². The molecule has 0 radical (unpaired) electrons. The Balaban J connectivity index is 1.46. The number of hydrogen-bond donors (Lipinski definition) is 0. The van der Waals surface area contributed by atoms with E-state index >= 15 is 0 Å². The van der Waals surface area contributed by atoms with Crippen molar-refractivity contribution in [2.24, 2.45) is 5.16 Å². The lowest BCUT2D eigenvalue weighted by Crippen LogP contribution is -2.14. The maximum atomic E-state index is 12.3. The van der Waals surface area contributed by atoms with Gasteiger partial charge in [0.2, 0.25) is 0 Å². The monoisotopic (exact) mass is 396 g/mol. The van der Waals surface area contributed by atoms with Crippen molar-refractivity contribution in [3.63, 3.8) is 0 Å². The third-order valence-corrected chi connectivity index (χ3v) is 5.43. The zero-order valence-electron chi connectivity index (χ0n) is 16.4. The molecule has 0 fully saturated rings. The highest BCUT2D eigenvalue weighted by molar-refractivity contribution is 6.03. The smallest absolute Gasteiger partial charge is 0.360 e. The van der Waals surface area contributed by atoms with Crippen molar-refractivity contribution < 1.29 is 14.2 Å². The van der Waals surface area contributed by atoms with Crippen LogP contribution in [0.1, 0.15) is 45.8 Å². The number of fused-ring (bicyclic) bond motifs is 2. The van der Waals surface area contributed by atoms with Gasteiger partial charge in [-0.25, -0.2) is 4.79 Å². The maximum absolute atomic E-state index is 12.3. The van der Waals surface area contributed by atoms with Gasteiger partial charge in [0.25, 0.3) is 0 Å². The van der Waals surface area contributed by atoms with Crippen molar-refractivity contribution in [3.8, 4) is 0 Å². The average molecular weight is 396 g/mol. The minimum absolute atomic E-state index is 0.470. The molecule has 0 aliphatic heterocycles. The summed E-state index contributed by atoms with van der Waals surface area (Å²) < 4.78 is 5.72. The molecule has 0 unspecified atom stereocenters. The first-order valence-electron chi connectivity index (χ1n) is 10.1. The first-order chi connectivity index (χ1) is 14.8. The summed E-state index contributed by atoms with van der Waals surface area (Å²) >= 11 is 0. The standard InChI is InChI=1S/C25H20N2O3/c28-25(18-9-2-1-3-10-18)30-27-22-15-7-14-21-24(22)23(29-26-21)16-19-12-6-11-17-8-4-5-13-20(17)19/h1-6,8-13H,7,14-16H2. The van der Waals surface area contributed by atoms with E-state index in [-0.39, 0.29) is 0 Å². The molecule has 1 aliphatic rings. The Kier molecular flexibility index (Phi) is 4.85. The van der Waals surface area contributed by atoms with Crippen LogP contribution in [0.4, 0.5) is 0 Å². The van der Waals surface area contributed by atoms with Crippen molar-refractivity contribution in [1.29, 1.82) is 0 Å². The molecule has 0 saturated carbocycles. The van der Waals surface area contributed by atoms with E-state index in [0.717, 1.165) is 42.0 Å². The fourth-order valence-electron chi connectivity index (χ4n) is 3.96. The van der Waals surface area contributed by atoms with Gasteiger partial charge in [0.15, 0.2) is 5.76 Å². The third kappa shape index (κ3) is 3.50. The lowest BCUT2D eigenvalue weighted by atomic mass is 9.91. The topological polar surface area (TPSA) is 64.7 Å². The van der Waals surface area contributed by atoms with Gasteiger partial charge >= 0.3 is 5.97 Å². The second-order valence-corrected chi connectivity index (χ2v) is 7.38. The summed E-state index contributed by atoms with van der Waals surface area (Å²) in [7, 11) is 0. The highest BCUT2D eigenvalue weighted by Crippen LogP contribution is 2.29. The lowest BCUT2D eigenvalue weighted by Gasteiger charge is -2.13. The number of aryl methyl sites for hydroxylation is 1. The van der Waals surface area contributed by atoms with E-state index in [4.69, 9.17) is 9.36 Å². The van der Waals surface area contributed by atoms with Crippen molar-refractivity contribution in [3.05, 3.63) is 101 Å². The van der Waals surface area contributed by atoms with E-state index in [1.54, 1.807) is 24.3 Å². The Labute approximate surface area is 174 Å². The van der Waals surface area contributed by atoms with Crippen LogP contribution in [-0.2, 0) is 17.7 Å². The van der Waals surface area contributed by atoms with E-state index in [9.17, 15) is 4.79 Å². The Bertz CT molecular complexity index is 1240. The van der Waals surface area contributed by atoms with E-state index in [1.807, 2.05) is 18.2 Å². The minimum Gasteiger partial charge on any atom is -0.360 e. The number of aromatic nitrogens is 1. The molecule has 0 amide bonds. The van der Waals surface area contributed by atoms with Gasteiger partial charge in [0, 0.05) is 6.42 Å². The molecule has 0 bridgehead atoms. The number of carbonyl (C=O) groups is 1. The number of oxime groups is 1. The van der Waals surface area contributed by atoms with Crippen molar-refractivity contribution in [1.82, 2.24) is 5.16 Å². The van der Waals surface area contributed by atoms with E-state index < -0.39 is 5.97 Å². The van der Waals surface area contributed by atoms with Crippen molar-refractivity contribution in [2.45, 2.75) is 25.7 Å². The summed E-state index contributed by atoms with van der Waals surface area (Å²) in [6.45, 7) is 0. The molecule has 1 heterocycles. The van der Waals surface area contributed by atoms with E-state index in [2.05, 4.69) is 40.6 Å². The van der Waals surface area contributed by atoms with Crippen LogP contribution >= 0.6 is 0 Å². The molecule has 1 aliphatic carbocycles. The minimum atomic E-state index is -0.470. The molecule has 5 heteroatoms. The van der Waals surface area contributed by atoms with Crippen LogP contribution in [0.25, 0.3) is 10.8 Å². The first-order valence-corrected chi connectivity index (χ1v) is 10.1. The summed E-state index contributed by atoms with van der Waals surface area (Å²) in [4.78, 5) is 17.5. The molecular weight excluding hydrogens is 376 g/mol. The molecule has 0 atom stereocenters. The van der Waals surface area contributed by atoms with E-state index in [1.165, 1.54) is 16.3 Å². The number of rotatable bonds is 4. The summed E-state index contributed by atoms with van der Waals surface area (Å²) in [5.41, 5.74) is 4.12. The van der Waals surface area contributed by atoms with Crippen LogP contribution in [0.2, 0.25) is 0 Å². The van der Waals surface area contributed by atoms with Crippen LogP contribution in [0.15, 0.2) is 82.5 Å². The van der Waals surface area contributed by atoms with Gasteiger partial charge in [-0.3, -0.25) is 0 Å². The average Bonchev–Trinajstić information content (AvgIpc) is 3.22. The van der Waals surface area contributed by atoms with Gasteiger partial charge in [0.1, 0.15) is 0 Å². The zero-order chi connectivity index (χ0) is 20.3. The Morgan fingerprint density at radius 3 is 2.67 bits per heavy atom. The van der Waals surface area contributed by atoms with Crippen LogP contribution < -0.4 is 0 Å². The summed E-state index contributed by atoms with van der Waals surface area (Å²) in [6, 6.07) is 23.4. The molecule has 5 rings (SSSR count). The van der Waals surface area contributed by atoms with Gasteiger partial charge in [-0.05, 0) is 47.7 Å². The maximum Gasteiger partial charge on any atom is 0.365 e. The molecule has 4 aromatic rings. The van der Waals surface area contributed by atoms with Crippen LogP contribution in [0, 0.1) is 0 Å². The highest BCUT2D eigenvalue weighted by Gasteiger charge is 2.26. The highest BCUT2D eigenvalue weighted by atomic mass is 16.7. The SMILES string of the molecule is O=C(ON=C1CCCc2noc(Cc3cccc4ccccc34)c21)c1ccccc1. The Hall–Kier alpha value is -3.73. The number of benzene rings is 3. The Morgan fingerprint density at radius 1 is 0.967 bits per heavy atom. The molecular formula is C25H20N2O3. The molecule has 5 nitrogen and oxygen atoms in total. The van der Waals surface area contributed by atoms with Gasteiger partial charge in [-0.2, -0.15) is 0 Å². The molecule has 0 spiro atoms. The second kappa shape index (κ2) is 7.95. The predicted molar refractivity (Wildman–Crippen MR) is 115 cm³/mol. The number of nitrogens with zero attached hydrogens (tertiary/aromatic N) is 2. The fourth-order valence-corrected chi connectivity index (χ4v) is 3.96. The quantitative estimate of drug-likeness (QED) is 0.346. The lowest BCUT2D eigenvalue weighted by molar-refractivity contribution is 0.0515. The van der Waals surface area contributed by atoms with Gasteiger partial charge in [0.05, 0.1) is 22.5 Å². The number of carbonyl (C=O) groups excluding carboxylic acids is 1. The predicted octanol–water partition coefficient (Wildman–Crippen LogP) is 5.32.